The van der Waals surface area contributed by atoms with Gasteiger partial charge < -0.3 is 9.67 Å². The molecule has 16 heavy (non-hydrogen) atoms. The SMILES string of the molecule is Cn1cnnc1C(CO)c1cccc(Br)c1. The minimum Gasteiger partial charge on any atom is -0.395 e. The lowest BCUT2D eigenvalue weighted by Crippen LogP contribution is -2.11. The Labute approximate surface area is 102 Å². The Bertz CT molecular complexity index is 484. The zero-order valence-corrected chi connectivity index (χ0v) is 10.4. The standard InChI is InChI=1S/C11H12BrN3O/c1-15-7-13-14-11(15)10(6-16)8-3-2-4-9(12)5-8/h2-5,7,10,16H,6H2,1H3. The normalized spacial score (nSPS) is 12.7. The highest BCUT2D eigenvalue weighted by Gasteiger charge is 2.18. The third kappa shape index (κ3) is 2.15. The van der Waals surface area contributed by atoms with Gasteiger partial charge in [-0.05, 0) is 17.7 Å². The Hall–Kier alpha value is -1.20. The number of benzene rings is 1. The molecule has 1 aromatic carbocycles. The van der Waals surface area contributed by atoms with Crippen molar-refractivity contribution in [1.82, 2.24) is 14.8 Å². The van der Waals surface area contributed by atoms with Crippen molar-refractivity contribution in [2.45, 2.75) is 5.92 Å². The number of aromatic nitrogens is 3. The van der Waals surface area contributed by atoms with Gasteiger partial charge in [-0.2, -0.15) is 0 Å². The van der Waals surface area contributed by atoms with E-state index >= 15 is 0 Å². The molecule has 0 bridgehead atoms. The Morgan fingerprint density at radius 1 is 1.50 bits per heavy atom. The molecule has 84 valence electrons. The molecule has 2 aromatic rings. The van der Waals surface area contributed by atoms with Crippen molar-refractivity contribution in [3.63, 3.8) is 0 Å². The molecule has 0 spiro atoms. The van der Waals surface area contributed by atoms with Crippen LogP contribution in [0.4, 0.5) is 0 Å². The number of hydrogen-bond donors (Lipinski definition) is 1. The van der Waals surface area contributed by atoms with E-state index in [0.29, 0.717) is 0 Å². The highest BCUT2D eigenvalue weighted by atomic mass is 79.9. The van der Waals surface area contributed by atoms with E-state index in [-0.39, 0.29) is 12.5 Å². The highest BCUT2D eigenvalue weighted by molar-refractivity contribution is 9.10. The molecule has 1 N–H and O–H groups in total. The molecular formula is C11H12BrN3O. The van der Waals surface area contributed by atoms with E-state index in [0.717, 1.165) is 15.9 Å². The van der Waals surface area contributed by atoms with Gasteiger partial charge in [0.15, 0.2) is 0 Å². The number of rotatable bonds is 3. The number of aryl methyl sites for hydroxylation is 1. The predicted octanol–water partition coefficient (Wildman–Crippen LogP) is 1.70. The number of aliphatic hydroxyl groups is 1. The summed E-state index contributed by atoms with van der Waals surface area (Å²) in [5.41, 5.74) is 1.02. The Morgan fingerprint density at radius 3 is 2.88 bits per heavy atom. The second kappa shape index (κ2) is 4.76. The van der Waals surface area contributed by atoms with Gasteiger partial charge in [-0.3, -0.25) is 0 Å². The van der Waals surface area contributed by atoms with Gasteiger partial charge in [-0.1, -0.05) is 28.1 Å². The summed E-state index contributed by atoms with van der Waals surface area (Å²) in [5, 5.41) is 17.3. The number of aliphatic hydroxyl groups excluding tert-OH is 1. The Balaban J connectivity index is 2.40. The van der Waals surface area contributed by atoms with Crippen LogP contribution in [0.3, 0.4) is 0 Å². The van der Waals surface area contributed by atoms with Crippen LogP contribution in [0.25, 0.3) is 0 Å². The Morgan fingerprint density at radius 2 is 2.31 bits per heavy atom. The van der Waals surface area contributed by atoms with Crippen molar-refractivity contribution in [3.05, 3.63) is 46.5 Å². The van der Waals surface area contributed by atoms with Crippen molar-refractivity contribution >= 4 is 15.9 Å². The van der Waals surface area contributed by atoms with Crippen molar-refractivity contribution in [2.24, 2.45) is 7.05 Å². The highest BCUT2D eigenvalue weighted by Crippen LogP contribution is 2.24. The van der Waals surface area contributed by atoms with Crippen LogP contribution in [-0.2, 0) is 7.05 Å². The van der Waals surface area contributed by atoms with Crippen molar-refractivity contribution < 1.29 is 5.11 Å². The molecule has 1 unspecified atom stereocenters. The maximum atomic E-state index is 9.47. The third-order valence-electron chi connectivity index (χ3n) is 2.49. The molecule has 0 aliphatic heterocycles. The molecule has 2 rings (SSSR count). The lowest BCUT2D eigenvalue weighted by molar-refractivity contribution is 0.275. The van der Waals surface area contributed by atoms with Gasteiger partial charge in [0.1, 0.15) is 12.2 Å². The second-order valence-corrected chi connectivity index (χ2v) is 4.51. The van der Waals surface area contributed by atoms with Crippen LogP contribution in [0.1, 0.15) is 17.3 Å². The molecule has 0 aliphatic carbocycles. The summed E-state index contributed by atoms with van der Waals surface area (Å²) in [4.78, 5) is 0. The summed E-state index contributed by atoms with van der Waals surface area (Å²) < 4.78 is 2.81. The quantitative estimate of drug-likeness (QED) is 0.932. The first-order valence-corrected chi connectivity index (χ1v) is 5.72. The van der Waals surface area contributed by atoms with E-state index in [4.69, 9.17) is 0 Å². The summed E-state index contributed by atoms with van der Waals surface area (Å²) in [6.07, 6.45) is 1.63. The summed E-state index contributed by atoms with van der Waals surface area (Å²) in [7, 11) is 1.87. The Kier molecular flexibility index (Phi) is 3.36. The van der Waals surface area contributed by atoms with Gasteiger partial charge in [0.05, 0.1) is 12.5 Å². The van der Waals surface area contributed by atoms with Gasteiger partial charge in [0, 0.05) is 11.5 Å². The monoisotopic (exact) mass is 281 g/mol. The van der Waals surface area contributed by atoms with Gasteiger partial charge in [-0.25, -0.2) is 0 Å². The van der Waals surface area contributed by atoms with Crippen LogP contribution in [0.5, 0.6) is 0 Å². The fourth-order valence-electron chi connectivity index (χ4n) is 1.67. The molecule has 0 saturated carbocycles. The van der Waals surface area contributed by atoms with E-state index in [2.05, 4.69) is 26.1 Å². The van der Waals surface area contributed by atoms with Crippen molar-refractivity contribution in [2.75, 3.05) is 6.61 Å². The molecule has 4 nitrogen and oxygen atoms in total. The molecule has 5 heteroatoms. The summed E-state index contributed by atoms with van der Waals surface area (Å²) in [5.74, 6) is 0.630. The molecule has 1 heterocycles. The maximum absolute atomic E-state index is 9.47. The lowest BCUT2D eigenvalue weighted by Gasteiger charge is -2.13. The molecule has 1 aromatic heterocycles. The second-order valence-electron chi connectivity index (χ2n) is 3.59. The fourth-order valence-corrected chi connectivity index (χ4v) is 2.08. The fraction of sp³-hybridized carbons (Fsp3) is 0.273. The zero-order chi connectivity index (χ0) is 11.5. The van der Waals surface area contributed by atoms with Gasteiger partial charge in [0.25, 0.3) is 0 Å². The first-order valence-electron chi connectivity index (χ1n) is 4.92. The average Bonchev–Trinajstić information content (AvgIpc) is 2.67. The van der Waals surface area contributed by atoms with Gasteiger partial charge >= 0.3 is 0 Å². The molecule has 0 saturated heterocycles. The summed E-state index contributed by atoms with van der Waals surface area (Å²) in [6.45, 7) is 0.0169. The summed E-state index contributed by atoms with van der Waals surface area (Å²) >= 11 is 3.42. The van der Waals surface area contributed by atoms with Crippen LogP contribution in [0.2, 0.25) is 0 Å². The molecule has 0 amide bonds. The molecule has 1 atom stereocenters. The van der Waals surface area contributed by atoms with E-state index in [1.165, 1.54) is 0 Å². The number of nitrogens with zero attached hydrogens (tertiary/aromatic N) is 3. The molecule has 0 aliphatic rings. The maximum Gasteiger partial charge on any atom is 0.142 e. The number of hydrogen-bond acceptors (Lipinski definition) is 3. The number of halogens is 1. The first kappa shape index (κ1) is 11.3. The first-order chi connectivity index (χ1) is 7.72. The lowest BCUT2D eigenvalue weighted by atomic mass is 9.99. The predicted molar refractivity (Wildman–Crippen MR) is 64.1 cm³/mol. The largest absolute Gasteiger partial charge is 0.395 e. The smallest absolute Gasteiger partial charge is 0.142 e. The minimum atomic E-state index is -0.134. The topological polar surface area (TPSA) is 50.9 Å². The van der Waals surface area contributed by atoms with Gasteiger partial charge in [-0.15, -0.1) is 10.2 Å². The van der Waals surface area contributed by atoms with E-state index < -0.39 is 0 Å². The van der Waals surface area contributed by atoms with E-state index in [1.807, 2.05) is 35.9 Å². The molecular weight excluding hydrogens is 270 g/mol. The zero-order valence-electron chi connectivity index (χ0n) is 8.84. The van der Waals surface area contributed by atoms with Crippen molar-refractivity contribution in [1.29, 1.82) is 0 Å². The van der Waals surface area contributed by atoms with Crippen LogP contribution in [0.15, 0.2) is 35.1 Å². The average molecular weight is 282 g/mol. The van der Waals surface area contributed by atoms with Crippen molar-refractivity contribution in [3.8, 4) is 0 Å². The van der Waals surface area contributed by atoms with Gasteiger partial charge in [0.2, 0.25) is 0 Å². The van der Waals surface area contributed by atoms with Crippen LogP contribution in [0, 0.1) is 0 Å². The minimum absolute atomic E-state index is 0.0169. The molecule has 0 radical (unpaired) electrons. The molecule has 0 fully saturated rings. The summed E-state index contributed by atoms with van der Waals surface area (Å²) in [6, 6.07) is 7.85. The van der Waals surface area contributed by atoms with Crippen LogP contribution >= 0.6 is 15.9 Å². The third-order valence-corrected chi connectivity index (χ3v) is 2.98. The van der Waals surface area contributed by atoms with Crippen LogP contribution < -0.4 is 0 Å². The van der Waals surface area contributed by atoms with E-state index in [9.17, 15) is 5.11 Å². The van der Waals surface area contributed by atoms with Crippen LogP contribution in [-0.4, -0.2) is 26.5 Å². The van der Waals surface area contributed by atoms with E-state index in [1.54, 1.807) is 6.33 Å².